The monoisotopic (exact) mass is 1350 g/mol. The van der Waals surface area contributed by atoms with Gasteiger partial charge in [-0.2, -0.15) is 0 Å². The van der Waals surface area contributed by atoms with E-state index in [1.807, 2.05) is 36.4 Å². The lowest BCUT2D eigenvalue weighted by Gasteiger charge is -2.29. The molecule has 9 heterocycles. The first kappa shape index (κ1) is 60.5. The van der Waals surface area contributed by atoms with Crippen LogP contribution in [-0.2, 0) is 102 Å². The quantitative estimate of drug-likeness (QED) is 0.0887. The molecule has 516 valence electrons. The Morgan fingerprint density at radius 3 is 0.859 bits per heavy atom. The van der Waals surface area contributed by atoms with Crippen LogP contribution in [0.3, 0.4) is 0 Å². The van der Waals surface area contributed by atoms with E-state index < -0.39 is 90.8 Å². The van der Waals surface area contributed by atoms with Crippen LogP contribution in [0.5, 0.6) is 17.2 Å². The van der Waals surface area contributed by atoms with Crippen molar-refractivity contribution in [1.29, 1.82) is 0 Å². The lowest BCUT2D eigenvalue weighted by Crippen LogP contribution is -2.52. The molecule has 0 saturated carbocycles. The molecule has 0 bridgehead atoms. The van der Waals surface area contributed by atoms with E-state index in [0.717, 1.165) is 130 Å². The topological polar surface area (TPSA) is 265 Å². The fraction of sp³-hybridized carbons (Fsp3) is 0.400. The van der Waals surface area contributed by atoms with Crippen LogP contribution in [0.25, 0.3) is 0 Å². The van der Waals surface area contributed by atoms with Gasteiger partial charge in [0.05, 0.1) is 67.4 Å². The Kier molecular flexibility index (Phi) is 19.2. The fourth-order valence-corrected chi connectivity index (χ4v) is 12.9. The number of imide groups is 3. The summed E-state index contributed by atoms with van der Waals surface area (Å²) in [5, 5.41) is 6.61. The molecule has 0 aromatic heterocycles. The van der Waals surface area contributed by atoms with E-state index in [2.05, 4.69) is 67.0 Å². The van der Waals surface area contributed by atoms with Crippen molar-refractivity contribution < 1.29 is 79.8 Å². The Morgan fingerprint density at radius 1 is 0.354 bits per heavy atom. The Hall–Kier alpha value is -9.69. The molecule has 6 aromatic rings. The van der Waals surface area contributed by atoms with Crippen molar-refractivity contribution in [1.82, 2.24) is 45.3 Å². The lowest BCUT2D eigenvalue weighted by atomic mass is 10.0. The van der Waals surface area contributed by atoms with Crippen molar-refractivity contribution in [2.75, 3.05) is 78.9 Å². The smallest absolute Gasteiger partial charge is 0.255 e. The van der Waals surface area contributed by atoms with Gasteiger partial charge in [0.1, 0.15) is 55.2 Å². The van der Waals surface area contributed by atoms with E-state index in [0.29, 0.717) is 0 Å². The third-order valence-electron chi connectivity index (χ3n) is 18.5. The van der Waals surface area contributed by atoms with Crippen LogP contribution in [0.4, 0.5) is 0 Å². The molecule has 9 aliphatic rings. The Bertz CT molecular complexity index is 3880. The highest BCUT2D eigenvalue weighted by atomic mass is 16.5. The summed E-state index contributed by atoms with van der Waals surface area (Å²) in [5.41, 5.74) is 7.15. The predicted octanol–water partition coefficient (Wildman–Crippen LogP) is 5.58. The van der Waals surface area contributed by atoms with Crippen LogP contribution < -0.4 is 30.2 Å². The maximum absolute atomic E-state index is 13.1. The zero-order valence-corrected chi connectivity index (χ0v) is 54.6. The summed E-state index contributed by atoms with van der Waals surface area (Å²) in [4.78, 5) is 121. The van der Waals surface area contributed by atoms with Gasteiger partial charge in [0.2, 0.25) is 35.4 Å². The number of carbonyl (C=O) groups is 9. The SMILES string of the molecule is [2H]C1([2H])c2c(OCc3ccc(CN4CCOCC4)cc3)cccc2C(=O)N1C1CCC(=O)NC1=O.[2H]C1([2H])c2c(OCc3ccc(CN4CCOCC4)cc3)cccc2C(=O)N1[C@@H]1CCC(=O)NC1=O.[2H]C1([2H])c2c(OCc3ccc(CN4CCOCC4)cc3)cccc2C(=O)N1[C@H]1CCC(=O)NC1=O. The zero-order valence-electron chi connectivity index (χ0n) is 60.6. The number of piperidine rings is 3. The molecular formula is C75H81N9O15. The minimum atomic E-state index is -2.26. The van der Waals surface area contributed by atoms with E-state index >= 15 is 0 Å². The van der Waals surface area contributed by atoms with Gasteiger partial charge in [-0.25, -0.2) is 0 Å². The third kappa shape index (κ3) is 16.4. The molecule has 15 rings (SSSR count). The van der Waals surface area contributed by atoms with Crippen molar-refractivity contribution in [3.63, 3.8) is 0 Å². The van der Waals surface area contributed by atoms with Gasteiger partial charge in [-0.05, 0) is 89.0 Å². The summed E-state index contributed by atoms with van der Waals surface area (Å²) in [6.45, 7) is 6.44. The van der Waals surface area contributed by atoms with Crippen LogP contribution in [0.1, 0.15) is 128 Å². The van der Waals surface area contributed by atoms with Crippen LogP contribution >= 0.6 is 0 Å². The molecule has 6 fully saturated rings. The second-order valence-electron chi connectivity index (χ2n) is 25.3. The van der Waals surface area contributed by atoms with Crippen molar-refractivity contribution in [3.8, 4) is 17.2 Å². The number of morpholine rings is 3. The number of ether oxygens (including phenoxy) is 6. The fourth-order valence-electron chi connectivity index (χ4n) is 12.9. The van der Waals surface area contributed by atoms with Crippen molar-refractivity contribution in [3.05, 3.63) is 194 Å². The molecule has 1 unspecified atom stereocenters. The number of fused-ring (bicyclic) bond motifs is 3. The molecule has 6 aromatic carbocycles. The molecule has 9 amide bonds. The van der Waals surface area contributed by atoms with Crippen LogP contribution in [-0.4, -0.2) is 180 Å². The Balaban J connectivity index is 0.000000140. The number of nitrogens with one attached hydrogen (secondary N) is 3. The molecule has 6 saturated heterocycles. The predicted molar refractivity (Wildman–Crippen MR) is 358 cm³/mol. The second-order valence-corrected chi connectivity index (χ2v) is 25.3. The molecule has 3 atom stereocenters. The van der Waals surface area contributed by atoms with E-state index in [-0.39, 0.29) is 109 Å². The summed E-state index contributed by atoms with van der Waals surface area (Å²) >= 11 is 0. The maximum Gasteiger partial charge on any atom is 0.255 e. The summed E-state index contributed by atoms with van der Waals surface area (Å²) in [5.74, 6) is -4.23. The standard InChI is InChI=1S/3C25H27N3O5/c3*29-23-9-8-21(24(30)26-23)28-15-20-19(25(28)31)2-1-3-22(20)33-16-18-6-4-17(5-7-18)14-27-10-12-32-13-11-27/h3*1-7,21H,8-16H2,(H,26,29,30)/t2*21-;/m10./s1/i3*15D2. The number of rotatable bonds is 18. The molecule has 0 aliphatic carbocycles. The van der Waals surface area contributed by atoms with Gasteiger partial charge in [0, 0.05) is 112 Å². The summed E-state index contributed by atoms with van der Waals surface area (Å²) in [6, 6.07) is 35.4. The third-order valence-corrected chi connectivity index (χ3v) is 18.5. The highest BCUT2D eigenvalue weighted by Gasteiger charge is 2.43. The van der Waals surface area contributed by atoms with E-state index in [9.17, 15) is 43.2 Å². The number of hydrogen-bond acceptors (Lipinski definition) is 18. The average Bonchev–Trinajstić information content (AvgIpc) is 1.59. The van der Waals surface area contributed by atoms with Crippen molar-refractivity contribution in [2.45, 2.75) is 116 Å². The number of amides is 9. The summed E-state index contributed by atoms with van der Waals surface area (Å²) < 4.78 is 86.5. The minimum absolute atomic E-state index is 0.0531. The van der Waals surface area contributed by atoms with E-state index in [1.165, 1.54) is 34.9 Å². The largest absolute Gasteiger partial charge is 0.489 e. The van der Waals surface area contributed by atoms with Crippen LogP contribution in [0.15, 0.2) is 127 Å². The number of hydrogen-bond donors (Lipinski definition) is 3. The number of nitrogens with zero attached hydrogens (tertiary/aromatic N) is 6. The minimum Gasteiger partial charge on any atom is -0.489 e. The lowest BCUT2D eigenvalue weighted by molar-refractivity contribution is -0.138. The van der Waals surface area contributed by atoms with Crippen LogP contribution in [0, 0.1) is 0 Å². The van der Waals surface area contributed by atoms with Gasteiger partial charge in [-0.15, -0.1) is 0 Å². The van der Waals surface area contributed by atoms with E-state index in [1.54, 1.807) is 36.4 Å². The molecule has 0 spiro atoms. The van der Waals surface area contributed by atoms with Gasteiger partial charge < -0.3 is 43.1 Å². The normalized spacial score (nSPS) is 23.6. The highest BCUT2D eigenvalue weighted by molar-refractivity contribution is 6.08. The first-order valence-electron chi connectivity index (χ1n) is 36.5. The molecule has 99 heavy (non-hydrogen) atoms. The number of benzene rings is 6. The van der Waals surface area contributed by atoms with Gasteiger partial charge in [-0.1, -0.05) is 91.0 Å². The van der Waals surface area contributed by atoms with Gasteiger partial charge >= 0.3 is 0 Å². The Morgan fingerprint density at radius 2 is 0.606 bits per heavy atom. The highest BCUT2D eigenvalue weighted by Crippen LogP contribution is 2.37. The molecule has 0 radical (unpaired) electrons. The van der Waals surface area contributed by atoms with Gasteiger partial charge in [0.25, 0.3) is 17.7 Å². The van der Waals surface area contributed by atoms with E-state index in [4.69, 9.17) is 36.6 Å². The summed E-state index contributed by atoms with van der Waals surface area (Å²) in [6.07, 6.45) is 0.400. The second kappa shape index (κ2) is 31.4. The van der Waals surface area contributed by atoms with Gasteiger partial charge in [0.15, 0.2) is 0 Å². The van der Waals surface area contributed by atoms with Crippen molar-refractivity contribution in [2.24, 2.45) is 0 Å². The Labute approximate surface area is 582 Å². The molecule has 3 N–H and O–H groups in total. The zero-order chi connectivity index (χ0) is 73.7. The molecule has 9 aliphatic heterocycles. The van der Waals surface area contributed by atoms with Crippen molar-refractivity contribution >= 4 is 53.2 Å². The summed E-state index contributed by atoms with van der Waals surface area (Å²) in [7, 11) is 0. The molecule has 24 heteroatoms. The maximum atomic E-state index is 13.1. The molecule has 24 nitrogen and oxygen atoms in total. The average molecular weight is 1350 g/mol. The van der Waals surface area contributed by atoms with Gasteiger partial charge in [-0.3, -0.25) is 73.8 Å². The number of carbonyl (C=O) groups excluding carboxylic acids is 9. The first-order chi connectivity index (χ1) is 50.5. The first-order valence-corrected chi connectivity index (χ1v) is 33.5. The van der Waals surface area contributed by atoms with Crippen LogP contribution in [0.2, 0.25) is 0 Å². The molecular weight excluding hydrogens is 1270 g/mol.